The van der Waals surface area contributed by atoms with Gasteiger partial charge < -0.3 is 20.1 Å². The molecule has 1 saturated carbocycles. The number of carbonyl (C=O) groups is 1. The van der Waals surface area contributed by atoms with Crippen molar-refractivity contribution < 1.29 is 14.3 Å². The maximum atomic E-state index is 12.1. The molecule has 5 nitrogen and oxygen atoms in total. The maximum Gasteiger partial charge on any atom is 0.319 e. The predicted octanol–water partition coefficient (Wildman–Crippen LogP) is 4.52. The lowest BCUT2D eigenvalue weighted by atomic mass is 9.93. The molecule has 2 amide bonds. The third-order valence-corrected chi connectivity index (χ3v) is 4.68. The SMILES string of the molecule is COc1ccc(O[C@H]2CC[C@H](NC(=O)Nc3ccc(C)cc3)CC2)cc1. The molecule has 3 rings (SSSR count). The number of carbonyl (C=O) groups excluding carboxylic acids is 1. The molecule has 1 aliphatic rings. The van der Waals surface area contributed by atoms with E-state index in [0.29, 0.717) is 0 Å². The van der Waals surface area contributed by atoms with Gasteiger partial charge in [-0.2, -0.15) is 0 Å². The van der Waals surface area contributed by atoms with Crippen LogP contribution in [0.1, 0.15) is 31.2 Å². The van der Waals surface area contributed by atoms with Crippen LogP contribution in [0.25, 0.3) is 0 Å². The Morgan fingerprint density at radius 2 is 1.54 bits per heavy atom. The van der Waals surface area contributed by atoms with E-state index in [2.05, 4.69) is 10.6 Å². The molecule has 138 valence electrons. The topological polar surface area (TPSA) is 59.6 Å². The van der Waals surface area contributed by atoms with Gasteiger partial charge in [-0.3, -0.25) is 0 Å². The largest absolute Gasteiger partial charge is 0.497 e. The Labute approximate surface area is 154 Å². The first-order valence-corrected chi connectivity index (χ1v) is 9.07. The van der Waals surface area contributed by atoms with Crippen LogP contribution in [0.5, 0.6) is 11.5 Å². The van der Waals surface area contributed by atoms with Gasteiger partial charge in [0.25, 0.3) is 0 Å². The van der Waals surface area contributed by atoms with Gasteiger partial charge in [0, 0.05) is 11.7 Å². The standard InChI is InChI=1S/C21H26N2O3/c1-15-3-5-16(6-4-15)22-21(24)23-17-7-9-19(10-8-17)26-20-13-11-18(25-2)12-14-20/h3-6,11-14,17,19H,7-10H2,1-2H3,(H2,22,23,24)/t17-,19-. The van der Waals surface area contributed by atoms with E-state index in [-0.39, 0.29) is 18.2 Å². The first kappa shape index (κ1) is 18.1. The van der Waals surface area contributed by atoms with Gasteiger partial charge in [0.05, 0.1) is 13.2 Å². The Morgan fingerprint density at radius 3 is 2.15 bits per heavy atom. The Morgan fingerprint density at radius 1 is 0.923 bits per heavy atom. The number of benzene rings is 2. The van der Waals surface area contributed by atoms with Crippen LogP contribution < -0.4 is 20.1 Å². The average Bonchev–Trinajstić information content (AvgIpc) is 2.66. The Bertz CT molecular complexity index is 705. The molecule has 1 aliphatic carbocycles. The Kier molecular flexibility index (Phi) is 6.00. The number of hydrogen-bond acceptors (Lipinski definition) is 3. The molecule has 0 bridgehead atoms. The van der Waals surface area contributed by atoms with Crippen molar-refractivity contribution in [2.45, 2.75) is 44.8 Å². The minimum absolute atomic E-state index is 0.145. The van der Waals surface area contributed by atoms with Crippen molar-refractivity contribution in [2.75, 3.05) is 12.4 Å². The van der Waals surface area contributed by atoms with Crippen molar-refractivity contribution in [3.63, 3.8) is 0 Å². The van der Waals surface area contributed by atoms with Gasteiger partial charge in [-0.25, -0.2) is 4.79 Å². The van der Waals surface area contributed by atoms with Gasteiger partial charge in [-0.15, -0.1) is 0 Å². The van der Waals surface area contributed by atoms with Crippen LogP contribution in [-0.4, -0.2) is 25.3 Å². The molecule has 26 heavy (non-hydrogen) atoms. The second-order valence-corrected chi connectivity index (χ2v) is 6.73. The number of rotatable bonds is 5. The minimum Gasteiger partial charge on any atom is -0.497 e. The highest BCUT2D eigenvalue weighted by Crippen LogP contribution is 2.25. The van der Waals surface area contributed by atoms with Gasteiger partial charge in [0.1, 0.15) is 11.5 Å². The van der Waals surface area contributed by atoms with Crippen molar-refractivity contribution in [3.05, 3.63) is 54.1 Å². The zero-order chi connectivity index (χ0) is 18.4. The first-order chi connectivity index (χ1) is 12.6. The third kappa shape index (κ3) is 5.15. The molecule has 1 fully saturated rings. The number of anilines is 1. The monoisotopic (exact) mass is 354 g/mol. The number of urea groups is 1. The second-order valence-electron chi connectivity index (χ2n) is 6.73. The van der Waals surface area contributed by atoms with Gasteiger partial charge >= 0.3 is 6.03 Å². The molecule has 0 unspecified atom stereocenters. The summed E-state index contributed by atoms with van der Waals surface area (Å²) in [5.74, 6) is 1.68. The molecule has 2 aromatic rings. The summed E-state index contributed by atoms with van der Waals surface area (Å²) < 4.78 is 11.2. The lowest BCUT2D eigenvalue weighted by Crippen LogP contribution is -2.41. The second kappa shape index (κ2) is 8.61. The molecule has 0 saturated heterocycles. The van der Waals surface area contributed by atoms with Crippen molar-refractivity contribution in [1.82, 2.24) is 5.32 Å². The summed E-state index contributed by atoms with van der Waals surface area (Å²) in [7, 11) is 1.65. The van der Waals surface area contributed by atoms with Crippen LogP contribution in [0, 0.1) is 6.92 Å². The van der Waals surface area contributed by atoms with Gasteiger partial charge in [0.2, 0.25) is 0 Å². The zero-order valence-electron chi connectivity index (χ0n) is 15.3. The highest BCUT2D eigenvalue weighted by atomic mass is 16.5. The number of aryl methyl sites for hydroxylation is 1. The molecule has 0 heterocycles. The quantitative estimate of drug-likeness (QED) is 0.830. The zero-order valence-corrected chi connectivity index (χ0v) is 15.3. The summed E-state index contributed by atoms with van der Waals surface area (Å²) in [6.45, 7) is 2.02. The van der Waals surface area contributed by atoms with E-state index in [0.717, 1.165) is 42.9 Å². The van der Waals surface area contributed by atoms with Crippen molar-refractivity contribution in [1.29, 1.82) is 0 Å². The normalized spacial score (nSPS) is 19.5. The smallest absolute Gasteiger partial charge is 0.319 e. The molecule has 0 atom stereocenters. The molecule has 5 heteroatoms. The van der Waals surface area contributed by atoms with Crippen LogP contribution in [0.4, 0.5) is 10.5 Å². The van der Waals surface area contributed by atoms with Crippen molar-refractivity contribution in [3.8, 4) is 11.5 Å². The van der Waals surface area contributed by atoms with E-state index in [1.807, 2.05) is 55.5 Å². The van der Waals surface area contributed by atoms with Crippen LogP contribution in [-0.2, 0) is 0 Å². The predicted molar refractivity (Wildman–Crippen MR) is 103 cm³/mol. The third-order valence-electron chi connectivity index (χ3n) is 4.68. The molecular weight excluding hydrogens is 328 g/mol. The van der Waals surface area contributed by atoms with Gasteiger partial charge in [0.15, 0.2) is 0 Å². The highest BCUT2D eigenvalue weighted by molar-refractivity contribution is 5.89. The van der Waals surface area contributed by atoms with E-state index < -0.39 is 0 Å². The molecular formula is C21H26N2O3. The van der Waals surface area contributed by atoms with Crippen LogP contribution in [0.2, 0.25) is 0 Å². The van der Waals surface area contributed by atoms with E-state index in [1.54, 1.807) is 7.11 Å². The Balaban J connectivity index is 1.41. The van der Waals surface area contributed by atoms with Gasteiger partial charge in [-0.1, -0.05) is 17.7 Å². The maximum absolute atomic E-state index is 12.1. The van der Waals surface area contributed by atoms with E-state index >= 15 is 0 Å². The lowest BCUT2D eigenvalue weighted by Gasteiger charge is -2.29. The summed E-state index contributed by atoms with van der Waals surface area (Å²) >= 11 is 0. The molecule has 0 aromatic heterocycles. The molecule has 0 radical (unpaired) electrons. The highest BCUT2D eigenvalue weighted by Gasteiger charge is 2.23. The van der Waals surface area contributed by atoms with Crippen molar-refractivity contribution >= 4 is 11.7 Å². The van der Waals surface area contributed by atoms with E-state index in [4.69, 9.17) is 9.47 Å². The lowest BCUT2D eigenvalue weighted by molar-refractivity contribution is 0.141. The van der Waals surface area contributed by atoms with Crippen LogP contribution in [0.3, 0.4) is 0 Å². The number of hydrogen-bond donors (Lipinski definition) is 2. The summed E-state index contributed by atoms with van der Waals surface area (Å²) in [5, 5.41) is 5.94. The summed E-state index contributed by atoms with van der Waals surface area (Å²) in [6.07, 6.45) is 3.90. The molecule has 2 N–H and O–H groups in total. The average molecular weight is 354 g/mol. The van der Waals surface area contributed by atoms with E-state index in [1.165, 1.54) is 5.56 Å². The van der Waals surface area contributed by atoms with Crippen molar-refractivity contribution in [2.24, 2.45) is 0 Å². The number of methoxy groups -OCH3 is 1. The summed E-state index contributed by atoms with van der Waals surface area (Å²) in [6, 6.07) is 15.5. The number of ether oxygens (including phenoxy) is 2. The summed E-state index contributed by atoms with van der Waals surface area (Å²) in [5.41, 5.74) is 1.98. The fourth-order valence-electron chi connectivity index (χ4n) is 3.16. The fraction of sp³-hybridized carbons (Fsp3) is 0.381. The van der Waals surface area contributed by atoms with Gasteiger partial charge in [-0.05, 0) is 69.0 Å². The van der Waals surface area contributed by atoms with E-state index in [9.17, 15) is 4.79 Å². The Hall–Kier alpha value is -2.69. The summed E-state index contributed by atoms with van der Waals surface area (Å²) in [4.78, 5) is 12.1. The molecule has 0 aliphatic heterocycles. The minimum atomic E-state index is -0.145. The molecule has 0 spiro atoms. The fourth-order valence-corrected chi connectivity index (χ4v) is 3.16. The number of amides is 2. The first-order valence-electron chi connectivity index (χ1n) is 9.07. The number of nitrogens with one attached hydrogen (secondary N) is 2. The van der Waals surface area contributed by atoms with Crippen LogP contribution in [0.15, 0.2) is 48.5 Å². The molecule has 2 aromatic carbocycles. The van der Waals surface area contributed by atoms with Crippen LogP contribution >= 0.6 is 0 Å².